The summed E-state index contributed by atoms with van der Waals surface area (Å²) in [5.41, 5.74) is 0. The van der Waals surface area contributed by atoms with Crippen LogP contribution in [0.1, 0.15) is 13.3 Å². The van der Waals surface area contributed by atoms with Gasteiger partial charge in [-0.15, -0.1) is 0 Å². The van der Waals surface area contributed by atoms with E-state index >= 15 is 0 Å². The lowest BCUT2D eigenvalue weighted by Gasteiger charge is -2.18. The van der Waals surface area contributed by atoms with Crippen molar-refractivity contribution in [3.63, 3.8) is 0 Å². The first-order valence-corrected chi connectivity index (χ1v) is 4.69. The maximum absolute atomic E-state index is 10.6. The van der Waals surface area contributed by atoms with E-state index in [4.69, 9.17) is 9.47 Å². The van der Waals surface area contributed by atoms with Gasteiger partial charge < -0.3 is 19.4 Å². The van der Waals surface area contributed by atoms with Gasteiger partial charge in [0, 0.05) is 0 Å². The molecule has 1 rings (SSSR count). The molecule has 0 saturated heterocycles. The fraction of sp³-hybridized carbons (Fsp3) is 0.364. The molecule has 0 unspecified atom stereocenters. The number of carbonyl (C=O) groups is 1. The number of methoxy groups -OCH3 is 1. The van der Waals surface area contributed by atoms with Gasteiger partial charge in [0.2, 0.25) is 0 Å². The Labute approximate surface area is 88.4 Å². The molecule has 0 spiro atoms. The number of carbonyl (C=O) groups excluding carboxylic acids is 1. The largest absolute Gasteiger partial charge is 0.546 e. The molecule has 0 aliphatic heterocycles. The van der Waals surface area contributed by atoms with E-state index in [9.17, 15) is 9.90 Å². The van der Waals surface area contributed by atoms with Crippen LogP contribution in [0.5, 0.6) is 11.5 Å². The number of rotatable bonds is 5. The summed E-state index contributed by atoms with van der Waals surface area (Å²) in [6.07, 6.45) is -0.535. The predicted octanol–water partition coefficient (Wildman–Crippen LogP) is 0.602. The standard InChI is InChI=1S/C11H14O4/c1-3-10(11(12)13)15-9-6-4-8(14-2)5-7-9/h4-7,10H,3H2,1-2H3,(H,12,13)/p-1/t10-/m1/s1. The summed E-state index contributed by atoms with van der Waals surface area (Å²) in [5.74, 6) is -0.0102. The Bertz CT molecular complexity index is 318. The lowest BCUT2D eigenvalue weighted by molar-refractivity contribution is -0.313. The second kappa shape index (κ2) is 5.24. The van der Waals surface area contributed by atoms with Crippen LogP contribution in [-0.2, 0) is 4.79 Å². The van der Waals surface area contributed by atoms with Crippen LogP contribution in [0.15, 0.2) is 24.3 Å². The highest BCUT2D eigenvalue weighted by Crippen LogP contribution is 2.18. The number of carboxylic acids is 1. The SMILES string of the molecule is CC[C@@H](Oc1ccc(OC)cc1)C(=O)[O-]. The molecule has 0 N–H and O–H groups in total. The Morgan fingerprint density at radius 2 is 1.87 bits per heavy atom. The minimum Gasteiger partial charge on any atom is -0.546 e. The highest BCUT2D eigenvalue weighted by molar-refractivity contribution is 5.70. The van der Waals surface area contributed by atoms with Crippen LogP contribution in [0.3, 0.4) is 0 Å². The predicted molar refractivity (Wildman–Crippen MR) is 52.7 cm³/mol. The number of carboxylic acid groups (broad SMARTS) is 1. The van der Waals surface area contributed by atoms with Crippen LogP contribution in [0.2, 0.25) is 0 Å². The molecule has 1 aromatic rings. The van der Waals surface area contributed by atoms with Gasteiger partial charge in [-0.3, -0.25) is 0 Å². The van der Waals surface area contributed by atoms with Crippen molar-refractivity contribution in [3.8, 4) is 11.5 Å². The fourth-order valence-corrected chi connectivity index (χ4v) is 1.12. The molecule has 0 aromatic heterocycles. The molecule has 0 aliphatic rings. The maximum atomic E-state index is 10.6. The number of hydrogen-bond donors (Lipinski definition) is 0. The molecule has 4 heteroatoms. The Morgan fingerprint density at radius 3 is 2.27 bits per heavy atom. The zero-order valence-electron chi connectivity index (χ0n) is 8.73. The van der Waals surface area contributed by atoms with Crippen molar-refractivity contribution >= 4 is 5.97 Å². The molecule has 82 valence electrons. The van der Waals surface area contributed by atoms with Gasteiger partial charge in [0.15, 0.2) is 0 Å². The third-order valence-corrected chi connectivity index (χ3v) is 1.97. The van der Waals surface area contributed by atoms with Crippen LogP contribution in [0.25, 0.3) is 0 Å². The third-order valence-electron chi connectivity index (χ3n) is 1.97. The molecule has 15 heavy (non-hydrogen) atoms. The van der Waals surface area contributed by atoms with E-state index in [1.54, 1.807) is 38.3 Å². The number of benzene rings is 1. The number of hydrogen-bond acceptors (Lipinski definition) is 4. The highest BCUT2D eigenvalue weighted by atomic mass is 16.5. The van der Waals surface area contributed by atoms with Crippen molar-refractivity contribution < 1.29 is 19.4 Å². The molecule has 1 aromatic carbocycles. The van der Waals surface area contributed by atoms with E-state index in [1.165, 1.54) is 0 Å². The molecular weight excluding hydrogens is 196 g/mol. The summed E-state index contributed by atoms with van der Waals surface area (Å²) in [6, 6.07) is 6.73. The average molecular weight is 209 g/mol. The van der Waals surface area contributed by atoms with E-state index in [2.05, 4.69) is 0 Å². The minimum atomic E-state index is -1.20. The van der Waals surface area contributed by atoms with Crippen molar-refractivity contribution in [2.75, 3.05) is 7.11 Å². The van der Waals surface area contributed by atoms with Gasteiger partial charge in [-0.1, -0.05) is 6.92 Å². The zero-order chi connectivity index (χ0) is 11.3. The summed E-state index contributed by atoms with van der Waals surface area (Å²) >= 11 is 0. The van der Waals surface area contributed by atoms with Crippen LogP contribution < -0.4 is 14.6 Å². The lowest BCUT2D eigenvalue weighted by atomic mass is 10.2. The van der Waals surface area contributed by atoms with Crippen LogP contribution in [0, 0.1) is 0 Å². The molecule has 0 amide bonds. The molecule has 0 bridgehead atoms. The first-order valence-electron chi connectivity index (χ1n) is 4.69. The molecule has 0 radical (unpaired) electrons. The molecule has 0 fully saturated rings. The maximum Gasteiger partial charge on any atom is 0.138 e. The summed E-state index contributed by atoms with van der Waals surface area (Å²) in [6.45, 7) is 1.73. The van der Waals surface area contributed by atoms with Crippen molar-refractivity contribution in [2.24, 2.45) is 0 Å². The quantitative estimate of drug-likeness (QED) is 0.712. The van der Waals surface area contributed by atoms with Gasteiger partial charge in [-0.25, -0.2) is 0 Å². The van der Waals surface area contributed by atoms with Crippen molar-refractivity contribution in [1.82, 2.24) is 0 Å². The topological polar surface area (TPSA) is 58.6 Å². The number of aliphatic carboxylic acids is 1. The molecule has 0 aliphatic carbocycles. The molecular formula is C11H13O4-. The summed E-state index contributed by atoms with van der Waals surface area (Å²) < 4.78 is 10.2. The van der Waals surface area contributed by atoms with E-state index in [1.807, 2.05) is 0 Å². The monoisotopic (exact) mass is 209 g/mol. The highest BCUT2D eigenvalue weighted by Gasteiger charge is 2.08. The van der Waals surface area contributed by atoms with Gasteiger partial charge in [0.05, 0.1) is 13.1 Å². The molecule has 1 atom stereocenters. The Balaban J connectivity index is 2.67. The second-order valence-electron chi connectivity index (χ2n) is 3.01. The van der Waals surface area contributed by atoms with Crippen molar-refractivity contribution in [1.29, 1.82) is 0 Å². The lowest BCUT2D eigenvalue weighted by Crippen LogP contribution is -2.39. The molecule has 0 saturated carbocycles. The van der Waals surface area contributed by atoms with E-state index < -0.39 is 12.1 Å². The van der Waals surface area contributed by atoms with Crippen LogP contribution in [-0.4, -0.2) is 19.2 Å². The fourth-order valence-electron chi connectivity index (χ4n) is 1.12. The Morgan fingerprint density at radius 1 is 1.33 bits per heavy atom. The summed E-state index contributed by atoms with van der Waals surface area (Å²) in [7, 11) is 1.56. The van der Waals surface area contributed by atoms with Crippen molar-refractivity contribution in [3.05, 3.63) is 24.3 Å². The minimum absolute atomic E-state index is 0.369. The normalized spacial score (nSPS) is 11.9. The second-order valence-corrected chi connectivity index (χ2v) is 3.01. The van der Waals surface area contributed by atoms with Gasteiger partial charge in [0.25, 0.3) is 0 Å². The van der Waals surface area contributed by atoms with Gasteiger partial charge in [0.1, 0.15) is 17.6 Å². The summed E-state index contributed by atoms with van der Waals surface area (Å²) in [4.78, 5) is 10.6. The molecule has 0 heterocycles. The van der Waals surface area contributed by atoms with E-state index in [0.717, 1.165) is 0 Å². The number of ether oxygens (including phenoxy) is 2. The van der Waals surface area contributed by atoms with Gasteiger partial charge >= 0.3 is 0 Å². The summed E-state index contributed by atoms with van der Waals surface area (Å²) in [5, 5.41) is 10.6. The third kappa shape index (κ3) is 3.16. The average Bonchev–Trinajstić information content (AvgIpc) is 2.26. The van der Waals surface area contributed by atoms with Crippen LogP contribution >= 0.6 is 0 Å². The zero-order valence-corrected chi connectivity index (χ0v) is 8.73. The first kappa shape index (κ1) is 11.4. The first-order chi connectivity index (χ1) is 7.17. The Hall–Kier alpha value is -1.71. The molecule has 4 nitrogen and oxygen atoms in total. The van der Waals surface area contributed by atoms with Gasteiger partial charge in [-0.2, -0.15) is 0 Å². The Kier molecular flexibility index (Phi) is 3.97. The van der Waals surface area contributed by atoms with Crippen molar-refractivity contribution in [2.45, 2.75) is 19.4 Å². The van der Waals surface area contributed by atoms with Gasteiger partial charge in [-0.05, 0) is 30.7 Å². The van der Waals surface area contributed by atoms with Crippen LogP contribution in [0.4, 0.5) is 0 Å². The smallest absolute Gasteiger partial charge is 0.138 e. The van der Waals surface area contributed by atoms with E-state index in [-0.39, 0.29) is 0 Å². The van der Waals surface area contributed by atoms with E-state index in [0.29, 0.717) is 17.9 Å².